The van der Waals surface area contributed by atoms with E-state index in [1.54, 1.807) is 0 Å². The molecule has 0 saturated heterocycles. The Balaban J connectivity index is 5.24. The first kappa shape index (κ1) is 90.1. The third-order valence-corrected chi connectivity index (χ3v) is 18.9. The average Bonchev–Trinajstić information content (AvgIpc) is 3.57. The molecule has 0 amide bonds. The Morgan fingerprint density at radius 3 is 0.739 bits per heavy atom. The molecule has 0 aromatic rings. The predicted octanol–water partition coefficient (Wildman–Crippen LogP) is 21.2. The van der Waals surface area contributed by atoms with Crippen molar-refractivity contribution in [1.29, 1.82) is 0 Å². The second-order valence-corrected chi connectivity index (χ2v) is 30.2. The molecule has 3 N–H and O–H groups in total. The van der Waals surface area contributed by atoms with E-state index in [9.17, 15) is 43.2 Å². The molecule has 546 valence electrons. The van der Waals surface area contributed by atoms with Crippen molar-refractivity contribution in [2.45, 2.75) is 394 Å². The third kappa shape index (κ3) is 66.7. The lowest BCUT2D eigenvalue weighted by atomic mass is 10.0. The predicted molar refractivity (Wildman–Crippen MR) is 372 cm³/mol. The highest BCUT2D eigenvalue weighted by atomic mass is 31.2. The maximum absolute atomic E-state index is 13.1. The van der Waals surface area contributed by atoms with Crippen molar-refractivity contribution in [2.24, 2.45) is 11.8 Å². The Morgan fingerprint density at radius 2 is 0.500 bits per heavy atom. The summed E-state index contributed by atoms with van der Waals surface area (Å²) in [5, 5.41) is 10.6. The molecule has 0 saturated carbocycles. The number of rotatable bonds is 72. The Labute approximate surface area is 562 Å². The second kappa shape index (κ2) is 65.0. The van der Waals surface area contributed by atoms with Crippen LogP contribution in [0.15, 0.2) is 0 Å². The van der Waals surface area contributed by atoms with E-state index in [-0.39, 0.29) is 25.7 Å². The average molecular weight is 1350 g/mol. The van der Waals surface area contributed by atoms with Crippen LogP contribution in [0.3, 0.4) is 0 Å². The van der Waals surface area contributed by atoms with Crippen molar-refractivity contribution in [3.8, 4) is 0 Å². The van der Waals surface area contributed by atoms with Crippen LogP contribution in [0.2, 0.25) is 0 Å². The van der Waals surface area contributed by atoms with Crippen LogP contribution in [-0.4, -0.2) is 96.7 Å². The summed E-state index contributed by atoms with van der Waals surface area (Å²) in [4.78, 5) is 72.7. The van der Waals surface area contributed by atoms with E-state index in [0.29, 0.717) is 25.7 Å². The number of phosphoric ester groups is 2. The molecule has 0 aromatic carbocycles. The summed E-state index contributed by atoms with van der Waals surface area (Å²) in [5.41, 5.74) is 0. The molecule has 5 atom stereocenters. The molecule has 0 heterocycles. The molecule has 0 aliphatic heterocycles. The van der Waals surface area contributed by atoms with Crippen LogP contribution in [-0.2, 0) is 65.4 Å². The number of ether oxygens (including phenoxy) is 4. The fourth-order valence-corrected chi connectivity index (χ4v) is 12.7. The van der Waals surface area contributed by atoms with E-state index < -0.39 is 97.5 Å². The van der Waals surface area contributed by atoms with Gasteiger partial charge in [0, 0.05) is 25.7 Å². The largest absolute Gasteiger partial charge is 0.472 e. The van der Waals surface area contributed by atoms with E-state index in [0.717, 1.165) is 102 Å². The highest BCUT2D eigenvalue weighted by Crippen LogP contribution is 2.45. The summed E-state index contributed by atoms with van der Waals surface area (Å²) < 4.78 is 68.4. The molecular weight excluding hydrogens is 1210 g/mol. The Morgan fingerprint density at radius 1 is 0.293 bits per heavy atom. The number of hydrogen-bond acceptors (Lipinski definition) is 15. The fraction of sp³-hybridized carbons (Fsp3) is 0.945. The monoisotopic (exact) mass is 1350 g/mol. The maximum atomic E-state index is 13.1. The number of hydrogen-bond donors (Lipinski definition) is 3. The first-order valence-corrected chi connectivity index (χ1v) is 41.0. The quantitative estimate of drug-likeness (QED) is 0.0222. The lowest BCUT2D eigenvalue weighted by Crippen LogP contribution is -2.30. The third-order valence-electron chi connectivity index (χ3n) is 17.0. The first-order chi connectivity index (χ1) is 44.4. The summed E-state index contributed by atoms with van der Waals surface area (Å²) in [6.45, 7) is 9.58. The molecule has 0 rings (SSSR count). The molecular formula is C73H142O17P2. The van der Waals surface area contributed by atoms with Crippen LogP contribution in [0, 0.1) is 11.8 Å². The van der Waals surface area contributed by atoms with Crippen molar-refractivity contribution in [3.63, 3.8) is 0 Å². The van der Waals surface area contributed by atoms with Crippen LogP contribution >= 0.6 is 15.6 Å². The SMILES string of the molecule is CCCCCCCCCCCCCCC(=O)O[C@H](COC(=O)CCCCCCCCCCCCC)COP(=O)(O)OC[C@H](O)COP(=O)(O)OC[C@@H](COC(=O)CCCCCCCCCCCC(C)C)OC(=O)CCCCCCCCCCCCCCCCC(C)C. The van der Waals surface area contributed by atoms with Crippen LogP contribution in [0.1, 0.15) is 375 Å². The minimum Gasteiger partial charge on any atom is -0.462 e. The Bertz CT molecular complexity index is 1790. The van der Waals surface area contributed by atoms with Gasteiger partial charge in [-0.05, 0) is 37.5 Å². The molecule has 0 fully saturated rings. The normalized spacial score (nSPS) is 14.1. The molecule has 19 heteroatoms. The van der Waals surface area contributed by atoms with Gasteiger partial charge in [0.15, 0.2) is 12.2 Å². The van der Waals surface area contributed by atoms with Gasteiger partial charge in [-0.15, -0.1) is 0 Å². The summed E-state index contributed by atoms with van der Waals surface area (Å²) in [6.07, 6.45) is 51.2. The number of esters is 4. The van der Waals surface area contributed by atoms with Crippen molar-refractivity contribution in [1.82, 2.24) is 0 Å². The molecule has 2 unspecified atom stereocenters. The lowest BCUT2D eigenvalue weighted by Gasteiger charge is -2.21. The van der Waals surface area contributed by atoms with Gasteiger partial charge in [-0.1, -0.05) is 324 Å². The molecule has 0 aromatic heterocycles. The van der Waals surface area contributed by atoms with Crippen molar-refractivity contribution >= 4 is 39.5 Å². The standard InChI is InChI=1S/C73H142O17P2/c1-7-9-11-13-15-17-19-26-32-39-45-51-57-72(77)89-68(61-83-70(75)55-49-43-37-31-24-18-16-14-12-10-8-2)63-87-91(79,80)85-59-67(74)60-86-92(81,82)88-64-69(62-84-71(76)56-50-44-38-34-28-30-36-42-48-54-66(5)6)90-73(78)58-52-46-40-33-27-23-21-20-22-25-29-35-41-47-53-65(3)4/h65-69,74H,7-64H2,1-6H3,(H,79,80)(H,81,82)/t67-,68+,69+/m0/s1. The van der Waals surface area contributed by atoms with Gasteiger partial charge >= 0.3 is 39.5 Å². The second-order valence-electron chi connectivity index (χ2n) is 27.3. The van der Waals surface area contributed by atoms with Crippen LogP contribution in [0.25, 0.3) is 0 Å². The summed E-state index contributed by atoms with van der Waals surface area (Å²) in [5.74, 6) is -0.579. The molecule has 17 nitrogen and oxygen atoms in total. The highest BCUT2D eigenvalue weighted by molar-refractivity contribution is 7.47. The van der Waals surface area contributed by atoms with E-state index in [4.69, 9.17) is 37.0 Å². The van der Waals surface area contributed by atoms with Gasteiger partial charge < -0.3 is 33.8 Å². The zero-order valence-electron chi connectivity index (χ0n) is 59.9. The van der Waals surface area contributed by atoms with E-state index in [2.05, 4.69) is 41.5 Å². The summed E-state index contributed by atoms with van der Waals surface area (Å²) >= 11 is 0. The fourth-order valence-electron chi connectivity index (χ4n) is 11.1. The van der Waals surface area contributed by atoms with Gasteiger partial charge in [0.2, 0.25) is 0 Å². The van der Waals surface area contributed by atoms with Crippen molar-refractivity contribution in [3.05, 3.63) is 0 Å². The van der Waals surface area contributed by atoms with Gasteiger partial charge in [-0.2, -0.15) is 0 Å². The molecule has 0 aliphatic rings. The topological polar surface area (TPSA) is 237 Å². The zero-order chi connectivity index (χ0) is 67.9. The molecule has 0 radical (unpaired) electrons. The van der Waals surface area contributed by atoms with Gasteiger partial charge in [-0.3, -0.25) is 37.3 Å². The number of carbonyl (C=O) groups excluding carboxylic acids is 4. The zero-order valence-corrected chi connectivity index (χ0v) is 61.6. The minimum absolute atomic E-state index is 0.107. The molecule has 92 heavy (non-hydrogen) atoms. The van der Waals surface area contributed by atoms with E-state index in [1.807, 2.05) is 0 Å². The number of aliphatic hydroxyl groups is 1. The van der Waals surface area contributed by atoms with Crippen molar-refractivity contribution < 1.29 is 80.2 Å². The molecule has 0 aliphatic carbocycles. The van der Waals surface area contributed by atoms with Crippen LogP contribution < -0.4 is 0 Å². The molecule has 0 bridgehead atoms. The van der Waals surface area contributed by atoms with Gasteiger partial charge in [0.05, 0.1) is 26.4 Å². The van der Waals surface area contributed by atoms with Gasteiger partial charge in [0.1, 0.15) is 19.3 Å². The van der Waals surface area contributed by atoms with Gasteiger partial charge in [-0.25, -0.2) is 9.13 Å². The first-order valence-electron chi connectivity index (χ1n) is 38.0. The van der Waals surface area contributed by atoms with Gasteiger partial charge in [0.25, 0.3) is 0 Å². The van der Waals surface area contributed by atoms with Crippen LogP contribution in [0.4, 0.5) is 0 Å². The van der Waals surface area contributed by atoms with Crippen LogP contribution in [0.5, 0.6) is 0 Å². The number of unbranched alkanes of at least 4 members (excludes halogenated alkanes) is 42. The van der Waals surface area contributed by atoms with Crippen molar-refractivity contribution in [2.75, 3.05) is 39.6 Å². The number of aliphatic hydroxyl groups excluding tert-OH is 1. The molecule has 0 spiro atoms. The van der Waals surface area contributed by atoms with E-state index >= 15 is 0 Å². The number of carbonyl (C=O) groups is 4. The maximum Gasteiger partial charge on any atom is 0.472 e. The Kier molecular flexibility index (Phi) is 63.7. The number of phosphoric acid groups is 2. The smallest absolute Gasteiger partial charge is 0.462 e. The lowest BCUT2D eigenvalue weighted by molar-refractivity contribution is -0.161. The summed E-state index contributed by atoms with van der Waals surface area (Å²) in [7, 11) is -9.90. The Hall–Kier alpha value is -1.94. The summed E-state index contributed by atoms with van der Waals surface area (Å²) in [6, 6.07) is 0. The minimum atomic E-state index is -4.95. The highest BCUT2D eigenvalue weighted by Gasteiger charge is 2.30. The van der Waals surface area contributed by atoms with E-state index in [1.165, 1.54) is 193 Å².